The Morgan fingerprint density at radius 1 is 0.435 bits per heavy atom. The molecule has 0 atom stereocenters. The van der Waals surface area contributed by atoms with E-state index in [4.69, 9.17) is 0 Å². The van der Waals surface area contributed by atoms with Crippen LogP contribution in [0.3, 0.4) is 0 Å². The van der Waals surface area contributed by atoms with Crippen molar-refractivity contribution in [3.8, 4) is 0 Å². The molecule has 1 heteroatoms. The standard InChI is InChI=1S/C22H25P/c1-17-5-11-20(12-6-17)23(4,21-13-7-18(2)8-14-21)22-15-9-19(3)10-16-22/h5-16,23H,1-4H3. The van der Waals surface area contributed by atoms with Gasteiger partial charge in [0.2, 0.25) is 0 Å². The third-order valence-corrected chi connectivity index (χ3v) is 9.35. The van der Waals surface area contributed by atoms with Crippen molar-refractivity contribution in [2.75, 3.05) is 6.66 Å². The third-order valence-electron chi connectivity index (χ3n) is 4.89. The Morgan fingerprint density at radius 2 is 0.652 bits per heavy atom. The van der Waals surface area contributed by atoms with Crippen LogP contribution in [0, 0.1) is 20.8 Å². The van der Waals surface area contributed by atoms with Crippen LogP contribution >= 0.6 is 7.26 Å². The van der Waals surface area contributed by atoms with Crippen molar-refractivity contribution in [1.29, 1.82) is 0 Å². The second-order valence-electron chi connectivity index (χ2n) is 6.72. The maximum absolute atomic E-state index is 2.47. The van der Waals surface area contributed by atoms with E-state index < -0.39 is 7.26 Å². The fourth-order valence-electron chi connectivity index (χ4n) is 3.16. The molecule has 118 valence electrons. The van der Waals surface area contributed by atoms with Crippen molar-refractivity contribution in [2.24, 2.45) is 0 Å². The van der Waals surface area contributed by atoms with Gasteiger partial charge in [0.05, 0.1) is 0 Å². The van der Waals surface area contributed by atoms with E-state index in [9.17, 15) is 0 Å². The molecule has 0 unspecified atom stereocenters. The zero-order valence-corrected chi connectivity index (χ0v) is 15.4. The Hall–Kier alpha value is -1.91. The van der Waals surface area contributed by atoms with Crippen LogP contribution in [0.1, 0.15) is 16.7 Å². The molecule has 23 heavy (non-hydrogen) atoms. The summed E-state index contributed by atoms with van der Waals surface area (Å²) in [5.74, 6) is 0. The van der Waals surface area contributed by atoms with Crippen molar-refractivity contribution in [1.82, 2.24) is 0 Å². The van der Waals surface area contributed by atoms with E-state index in [1.165, 1.54) is 32.6 Å². The van der Waals surface area contributed by atoms with Gasteiger partial charge in [0.15, 0.2) is 0 Å². The van der Waals surface area contributed by atoms with E-state index in [-0.39, 0.29) is 0 Å². The zero-order chi connectivity index (χ0) is 16.4. The molecule has 0 heterocycles. The number of hydrogen-bond acceptors (Lipinski definition) is 0. The first-order chi connectivity index (χ1) is 11.0. The van der Waals surface area contributed by atoms with Gasteiger partial charge in [0.1, 0.15) is 0 Å². The second kappa shape index (κ2) is 6.30. The third kappa shape index (κ3) is 3.09. The summed E-state index contributed by atoms with van der Waals surface area (Å²) in [6, 6.07) is 27.4. The van der Waals surface area contributed by atoms with Crippen molar-refractivity contribution < 1.29 is 0 Å². The van der Waals surface area contributed by atoms with E-state index in [0.29, 0.717) is 0 Å². The molecule has 0 aliphatic heterocycles. The van der Waals surface area contributed by atoms with Gasteiger partial charge in [-0.3, -0.25) is 0 Å². The number of rotatable bonds is 3. The summed E-state index contributed by atoms with van der Waals surface area (Å²) >= 11 is 0. The normalized spacial score (nSPS) is 12.2. The van der Waals surface area contributed by atoms with Crippen molar-refractivity contribution in [3.05, 3.63) is 89.5 Å². The fourth-order valence-corrected chi connectivity index (χ4v) is 6.66. The minimum absolute atomic E-state index is 1.32. The summed E-state index contributed by atoms with van der Waals surface area (Å²) < 4.78 is 0. The Kier molecular flexibility index (Phi) is 4.37. The summed E-state index contributed by atoms with van der Waals surface area (Å²) in [4.78, 5) is 0. The SMILES string of the molecule is Cc1ccc([PH](C)(c2ccc(C)cc2)c2ccc(C)cc2)cc1. The van der Waals surface area contributed by atoms with E-state index in [0.717, 1.165) is 0 Å². The average Bonchev–Trinajstić information content (AvgIpc) is 2.56. The first-order valence-electron chi connectivity index (χ1n) is 8.21. The molecule has 3 aromatic rings. The van der Waals surface area contributed by atoms with Crippen molar-refractivity contribution in [3.63, 3.8) is 0 Å². The Balaban J connectivity index is 2.21. The van der Waals surface area contributed by atoms with Gasteiger partial charge < -0.3 is 0 Å². The van der Waals surface area contributed by atoms with Gasteiger partial charge in [-0.05, 0) is 0 Å². The molecule has 3 rings (SSSR count). The summed E-state index contributed by atoms with van der Waals surface area (Å²) in [5.41, 5.74) is 3.95. The topological polar surface area (TPSA) is 0 Å². The monoisotopic (exact) mass is 320 g/mol. The van der Waals surface area contributed by atoms with Crippen LogP contribution in [-0.4, -0.2) is 6.66 Å². The molecule has 0 saturated heterocycles. The molecule has 0 spiro atoms. The van der Waals surface area contributed by atoms with Crippen LogP contribution in [0.2, 0.25) is 0 Å². The Labute approximate surface area is 140 Å². The molecule has 0 saturated carbocycles. The van der Waals surface area contributed by atoms with Crippen LogP contribution in [0.25, 0.3) is 0 Å². The predicted octanol–water partition coefficient (Wildman–Crippen LogP) is 4.27. The quantitative estimate of drug-likeness (QED) is 0.632. The van der Waals surface area contributed by atoms with Gasteiger partial charge >= 0.3 is 140 Å². The molecule has 0 radical (unpaired) electrons. The van der Waals surface area contributed by atoms with Crippen molar-refractivity contribution >= 4 is 23.2 Å². The number of hydrogen-bond donors (Lipinski definition) is 0. The Morgan fingerprint density at radius 3 is 0.870 bits per heavy atom. The zero-order valence-electron chi connectivity index (χ0n) is 14.4. The number of benzene rings is 3. The predicted molar refractivity (Wildman–Crippen MR) is 107 cm³/mol. The van der Waals surface area contributed by atoms with Gasteiger partial charge in [0.25, 0.3) is 0 Å². The molecular formula is C22H25P. The van der Waals surface area contributed by atoms with Crippen LogP contribution in [0.4, 0.5) is 0 Å². The van der Waals surface area contributed by atoms with E-state index in [1.54, 1.807) is 0 Å². The second-order valence-corrected chi connectivity index (χ2v) is 10.7. The van der Waals surface area contributed by atoms with Crippen LogP contribution < -0.4 is 15.9 Å². The summed E-state index contributed by atoms with van der Waals surface area (Å²) in [5, 5.41) is 4.41. The molecule has 0 fully saturated rings. The molecule has 0 aromatic heterocycles. The van der Waals surface area contributed by atoms with Crippen LogP contribution in [0.5, 0.6) is 0 Å². The van der Waals surface area contributed by atoms with E-state index >= 15 is 0 Å². The molecule has 0 nitrogen and oxygen atoms in total. The molecular weight excluding hydrogens is 295 g/mol. The van der Waals surface area contributed by atoms with Crippen LogP contribution in [0.15, 0.2) is 72.8 Å². The molecule has 0 bridgehead atoms. The molecule has 0 aliphatic rings. The van der Waals surface area contributed by atoms with Gasteiger partial charge in [-0.2, -0.15) is 0 Å². The summed E-state index contributed by atoms with van der Waals surface area (Å²) in [6.45, 7) is 8.92. The molecule has 3 aromatic carbocycles. The molecule has 0 aliphatic carbocycles. The first kappa shape index (κ1) is 16.0. The maximum atomic E-state index is 2.47. The van der Waals surface area contributed by atoms with Crippen LogP contribution in [-0.2, 0) is 0 Å². The fraction of sp³-hybridized carbons (Fsp3) is 0.182. The summed E-state index contributed by atoms with van der Waals surface area (Å²) in [7, 11) is -1.95. The Bertz CT molecular complexity index is 670. The van der Waals surface area contributed by atoms with E-state index in [2.05, 4.69) is 100 Å². The molecule has 0 amide bonds. The number of aryl methyl sites for hydroxylation is 3. The van der Waals surface area contributed by atoms with Gasteiger partial charge in [-0.15, -0.1) is 0 Å². The first-order valence-corrected chi connectivity index (χ1v) is 10.7. The molecule has 0 N–H and O–H groups in total. The van der Waals surface area contributed by atoms with E-state index in [1.807, 2.05) is 0 Å². The average molecular weight is 320 g/mol. The van der Waals surface area contributed by atoms with Gasteiger partial charge in [0, 0.05) is 0 Å². The van der Waals surface area contributed by atoms with Gasteiger partial charge in [-0.25, -0.2) is 0 Å². The minimum atomic E-state index is -1.95. The van der Waals surface area contributed by atoms with Gasteiger partial charge in [-0.1, -0.05) is 0 Å². The summed E-state index contributed by atoms with van der Waals surface area (Å²) in [6.07, 6.45) is 0. The van der Waals surface area contributed by atoms with Crippen molar-refractivity contribution in [2.45, 2.75) is 20.8 Å².